The monoisotopic (exact) mass is 210 g/mol. The SMILES string of the molecule is CC.CC.CC.CC.CC.CC(=O)O. The van der Waals surface area contributed by atoms with Gasteiger partial charge in [-0.2, -0.15) is 0 Å². The van der Waals surface area contributed by atoms with Gasteiger partial charge in [-0.15, -0.1) is 0 Å². The van der Waals surface area contributed by atoms with Gasteiger partial charge in [0.1, 0.15) is 0 Å². The van der Waals surface area contributed by atoms with Gasteiger partial charge in [0.2, 0.25) is 0 Å². The van der Waals surface area contributed by atoms with Crippen LogP contribution in [-0.4, -0.2) is 11.1 Å². The van der Waals surface area contributed by atoms with Crippen LogP contribution in [0, 0.1) is 0 Å². The lowest BCUT2D eigenvalue weighted by atomic mass is 10.9. The summed E-state index contributed by atoms with van der Waals surface area (Å²) in [5.74, 6) is -0.833. The summed E-state index contributed by atoms with van der Waals surface area (Å²) in [6.07, 6.45) is 0. The minimum atomic E-state index is -0.833. The third kappa shape index (κ3) is 4480. The van der Waals surface area contributed by atoms with E-state index >= 15 is 0 Å². The van der Waals surface area contributed by atoms with Crippen LogP contribution in [0.2, 0.25) is 0 Å². The summed E-state index contributed by atoms with van der Waals surface area (Å²) in [7, 11) is 0. The first-order chi connectivity index (χ1) is 6.73. The maximum atomic E-state index is 9.00. The average Bonchev–Trinajstić information content (AvgIpc) is 2.30. The number of carbonyl (C=O) groups is 1. The summed E-state index contributed by atoms with van der Waals surface area (Å²) in [6.45, 7) is 21.1. The molecule has 0 rings (SSSR count). The minimum absolute atomic E-state index is 0.833. The van der Waals surface area contributed by atoms with E-state index in [0.29, 0.717) is 0 Å². The van der Waals surface area contributed by atoms with Crippen LogP contribution in [0.3, 0.4) is 0 Å². The number of aliphatic carboxylic acids is 1. The maximum Gasteiger partial charge on any atom is 0.300 e. The fourth-order valence-corrected chi connectivity index (χ4v) is 0. The maximum absolute atomic E-state index is 9.00. The molecule has 0 amide bonds. The highest BCUT2D eigenvalue weighted by molar-refractivity contribution is 5.62. The largest absolute Gasteiger partial charge is 0.481 e. The van der Waals surface area contributed by atoms with Crippen molar-refractivity contribution in [3.8, 4) is 0 Å². The zero-order chi connectivity index (χ0) is 13.6. The summed E-state index contributed by atoms with van der Waals surface area (Å²) < 4.78 is 0. The second-order valence-corrected chi connectivity index (χ2v) is 0.519. The van der Waals surface area contributed by atoms with Crippen LogP contribution in [0.15, 0.2) is 0 Å². The molecule has 2 nitrogen and oxygen atoms in total. The molecule has 0 aliphatic rings. The van der Waals surface area contributed by atoms with Crippen LogP contribution in [0.25, 0.3) is 0 Å². The lowest BCUT2D eigenvalue weighted by Gasteiger charge is -1.59. The molecule has 0 aliphatic heterocycles. The zero-order valence-electron chi connectivity index (χ0n) is 12.4. The molecule has 1 N–H and O–H groups in total. The van der Waals surface area contributed by atoms with E-state index in [0.717, 1.165) is 6.92 Å². The van der Waals surface area contributed by atoms with Crippen molar-refractivity contribution in [2.75, 3.05) is 0 Å². The van der Waals surface area contributed by atoms with Gasteiger partial charge in [0, 0.05) is 6.92 Å². The standard InChI is InChI=1S/C2H4O2.5C2H6/c1-2(3)4;5*1-2/h1H3,(H,3,4);5*1-2H3. The van der Waals surface area contributed by atoms with E-state index in [1.807, 2.05) is 69.2 Å². The lowest BCUT2D eigenvalue weighted by molar-refractivity contribution is -0.134. The van der Waals surface area contributed by atoms with Crippen LogP contribution in [0.4, 0.5) is 0 Å². The number of rotatable bonds is 0. The van der Waals surface area contributed by atoms with Gasteiger partial charge >= 0.3 is 0 Å². The molecule has 2 heteroatoms. The molecule has 0 aromatic rings. The Labute approximate surface area is 92.7 Å². The van der Waals surface area contributed by atoms with Gasteiger partial charge in [-0.05, 0) is 0 Å². The average molecular weight is 210 g/mol. The van der Waals surface area contributed by atoms with Crippen LogP contribution < -0.4 is 0 Å². The lowest BCUT2D eigenvalue weighted by Crippen LogP contribution is -1.78. The normalized spacial score (nSPS) is 3.93. The summed E-state index contributed by atoms with van der Waals surface area (Å²) in [5, 5.41) is 7.42. The summed E-state index contributed by atoms with van der Waals surface area (Å²) in [4.78, 5) is 9.00. The molecule has 0 heterocycles. The van der Waals surface area contributed by atoms with Gasteiger partial charge in [0.15, 0.2) is 0 Å². The van der Waals surface area contributed by atoms with Gasteiger partial charge in [-0.25, -0.2) is 0 Å². The fourth-order valence-electron chi connectivity index (χ4n) is 0. The molecule has 0 bridgehead atoms. The van der Waals surface area contributed by atoms with Crippen molar-refractivity contribution in [3.05, 3.63) is 0 Å². The van der Waals surface area contributed by atoms with Crippen molar-refractivity contribution in [2.24, 2.45) is 0 Å². The number of hydrogen-bond acceptors (Lipinski definition) is 1. The predicted molar refractivity (Wildman–Crippen MR) is 70.0 cm³/mol. The molecule has 0 spiro atoms. The molecule has 0 aliphatic carbocycles. The first-order valence-electron chi connectivity index (χ1n) is 5.93. The molecule has 94 valence electrons. The van der Waals surface area contributed by atoms with Crippen molar-refractivity contribution in [1.82, 2.24) is 0 Å². The van der Waals surface area contributed by atoms with E-state index in [-0.39, 0.29) is 0 Å². The molecule has 0 aromatic heterocycles. The van der Waals surface area contributed by atoms with E-state index in [4.69, 9.17) is 9.90 Å². The quantitative estimate of drug-likeness (QED) is 0.595. The molecular formula is C12H34O2. The molecule has 14 heavy (non-hydrogen) atoms. The second-order valence-electron chi connectivity index (χ2n) is 0.519. The fraction of sp³-hybridized carbons (Fsp3) is 0.917. The molecule has 0 unspecified atom stereocenters. The molecule has 0 saturated carbocycles. The van der Waals surface area contributed by atoms with E-state index in [1.54, 1.807) is 0 Å². The predicted octanol–water partition coefficient (Wildman–Crippen LogP) is 5.22. The Hall–Kier alpha value is -0.530. The van der Waals surface area contributed by atoms with Crippen molar-refractivity contribution >= 4 is 5.97 Å². The van der Waals surface area contributed by atoms with Crippen LogP contribution >= 0.6 is 0 Å². The number of hydrogen-bond donors (Lipinski definition) is 1. The van der Waals surface area contributed by atoms with Crippen LogP contribution in [0.5, 0.6) is 0 Å². The highest BCUT2D eigenvalue weighted by atomic mass is 16.4. The topological polar surface area (TPSA) is 37.3 Å². The number of carboxylic acids is 1. The van der Waals surface area contributed by atoms with E-state index < -0.39 is 5.97 Å². The second kappa shape index (κ2) is 269. The smallest absolute Gasteiger partial charge is 0.300 e. The van der Waals surface area contributed by atoms with Gasteiger partial charge in [-0.3, -0.25) is 4.79 Å². The van der Waals surface area contributed by atoms with E-state index in [2.05, 4.69) is 0 Å². The van der Waals surface area contributed by atoms with Crippen LogP contribution in [0.1, 0.15) is 76.2 Å². The molecule has 0 radical (unpaired) electrons. The Morgan fingerprint density at radius 3 is 0.643 bits per heavy atom. The number of carboxylic acid groups (broad SMARTS) is 1. The first kappa shape index (κ1) is 37.5. The molecular weight excluding hydrogens is 176 g/mol. The van der Waals surface area contributed by atoms with Crippen molar-refractivity contribution in [1.29, 1.82) is 0 Å². The Balaban J connectivity index is -0.0000000143. The van der Waals surface area contributed by atoms with E-state index in [9.17, 15) is 0 Å². The molecule has 0 aromatic carbocycles. The van der Waals surface area contributed by atoms with Crippen molar-refractivity contribution in [2.45, 2.75) is 76.2 Å². The van der Waals surface area contributed by atoms with Gasteiger partial charge in [-0.1, -0.05) is 69.2 Å². The molecule has 0 saturated heterocycles. The van der Waals surface area contributed by atoms with Crippen molar-refractivity contribution < 1.29 is 9.90 Å². The Bertz CT molecular complexity index is 31.3. The van der Waals surface area contributed by atoms with Gasteiger partial charge in [0.25, 0.3) is 5.97 Å². The highest BCUT2D eigenvalue weighted by Crippen LogP contribution is 1.42. The summed E-state index contributed by atoms with van der Waals surface area (Å²) >= 11 is 0. The zero-order valence-corrected chi connectivity index (χ0v) is 12.4. The highest BCUT2D eigenvalue weighted by Gasteiger charge is 1.65. The van der Waals surface area contributed by atoms with E-state index in [1.165, 1.54) is 0 Å². The molecule has 0 atom stereocenters. The molecule has 0 fully saturated rings. The first-order valence-corrected chi connectivity index (χ1v) is 5.93. The third-order valence-electron chi connectivity index (χ3n) is 0. The summed E-state index contributed by atoms with van der Waals surface area (Å²) in [6, 6.07) is 0. The Morgan fingerprint density at radius 1 is 0.643 bits per heavy atom. The van der Waals surface area contributed by atoms with Crippen LogP contribution in [-0.2, 0) is 4.79 Å². The summed E-state index contributed by atoms with van der Waals surface area (Å²) in [5.41, 5.74) is 0. The van der Waals surface area contributed by atoms with Gasteiger partial charge in [0.05, 0.1) is 0 Å². The van der Waals surface area contributed by atoms with Crippen molar-refractivity contribution in [3.63, 3.8) is 0 Å². The Kier molecular flexibility index (Phi) is 721. The Morgan fingerprint density at radius 2 is 0.643 bits per heavy atom. The van der Waals surface area contributed by atoms with Gasteiger partial charge < -0.3 is 5.11 Å². The third-order valence-corrected chi connectivity index (χ3v) is 0. The minimum Gasteiger partial charge on any atom is -0.481 e.